The van der Waals surface area contributed by atoms with Gasteiger partial charge in [-0.05, 0) is 29.6 Å². The number of nitrogens with one attached hydrogen (secondary N) is 1. The van der Waals surface area contributed by atoms with E-state index in [0.29, 0.717) is 15.6 Å². The van der Waals surface area contributed by atoms with E-state index in [4.69, 9.17) is 17.3 Å². The van der Waals surface area contributed by atoms with Crippen molar-refractivity contribution in [1.82, 2.24) is 4.98 Å². The molecule has 3 aromatic heterocycles. The lowest BCUT2D eigenvalue weighted by molar-refractivity contribution is -0.136. The number of nitrogens with zero attached hydrogens (tertiary/aromatic N) is 1. The fourth-order valence-corrected chi connectivity index (χ4v) is 4.69. The van der Waals surface area contributed by atoms with Crippen LogP contribution in [0.1, 0.15) is 15.2 Å². The number of nitrogen functional groups attached to an aromatic ring is 1. The third-order valence-electron chi connectivity index (χ3n) is 4.11. The molecule has 0 saturated heterocycles. The van der Waals surface area contributed by atoms with Gasteiger partial charge in [-0.1, -0.05) is 29.8 Å². The number of para-hydroxylation sites is 1. The summed E-state index contributed by atoms with van der Waals surface area (Å²) in [5.74, 6) is -0.649. The Hall–Kier alpha value is -2.62. The van der Waals surface area contributed by atoms with E-state index < -0.39 is 17.6 Å². The second kappa shape index (κ2) is 7.33. The minimum absolute atomic E-state index is 0.0463. The molecule has 0 spiro atoms. The van der Waals surface area contributed by atoms with Crippen molar-refractivity contribution in [3.8, 4) is 10.6 Å². The Labute approximate surface area is 175 Å². The van der Waals surface area contributed by atoms with Gasteiger partial charge in [-0.2, -0.15) is 13.2 Å². The van der Waals surface area contributed by atoms with E-state index in [1.165, 1.54) is 11.3 Å². The summed E-state index contributed by atoms with van der Waals surface area (Å²) in [5.41, 5.74) is 5.31. The van der Waals surface area contributed by atoms with Crippen LogP contribution in [0.25, 0.3) is 20.8 Å². The monoisotopic (exact) mass is 453 g/mol. The molecule has 1 amide bonds. The summed E-state index contributed by atoms with van der Waals surface area (Å²) in [4.78, 5) is 17.6. The molecule has 0 aliphatic rings. The molecule has 3 heterocycles. The third-order valence-corrected chi connectivity index (χ3v) is 6.43. The molecule has 0 saturated carbocycles. The predicted octanol–water partition coefficient (Wildman–Crippen LogP) is 6.53. The van der Waals surface area contributed by atoms with E-state index in [0.717, 1.165) is 17.4 Å². The molecule has 0 aliphatic carbocycles. The summed E-state index contributed by atoms with van der Waals surface area (Å²) in [6.45, 7) is 0. The summed E-state index contributed by atoms with van der Waals surface area (Å²) < 4.78 is 41.2. The average Bonchev–Trinajstić information content (AvgIpc) is 3.30. The second-order valence-corrected chi connectivity index (χ2v) is 8.34. The minimum atomic E-state index is -4.65. The van der Waals surface area contributed by atoms with Gasteiger partial charge in [0.2, 0.25) is 0 Å². The van der Waals surface area contributed by atoms with Gasteiger partial charge in [0.15, 0.2) is 0 Å². The molecule has 29 heavy (non-hydrogen) atoms. The largest absolute Gasteiger partial charge is 0.417 e. The maximum absolute atomic E-state index is 13.7. The molecule has 0 fully saturated rings. The molecular formula is C19H11ClF3N3OS2. The SMILES string of the molecule is Nc1c(C(=O)Nc2ccccc2Cl)sc2nc(-c3cccs3)cc(C(F)(F)F)c12. The fourth-order valence-electron chi connectivity index (χ4n) is 2.81. The molecule has 0 atom stereocenters. The molecule has 10 heteroatoms. The number of thiophene rings is 2. The van der Waals surface area contributed by atoms with Crippen LogP contribution in [-0.4, -0.2) is 10.9 Å². The van der Waals surface area contributed by atoms with Gasteiger partial charge >= 0.3 is 6.18 Å². The van der Waals surface area contributed by atoms with Crippen LogP contribution in [0.3, 0.4) is 0 Å². The number of carbonyl (C=O) groups is 1. The van der Waals surface area contributed by atoms with Crippen molar-refractivity contribution < 1.29 is 18.0 Å². The van der Waals surface area contributed by atoms with Gasteiger partial charge < -0.3 is 11.1 Å². The quantitative estimate of drug-likeness (QED) is 0.370. The highest BCUT2D eigenvalue weighted by molar-refractivity contribution is 7.21. The minimum Gasteiger partial charge on any atom is -0.397 e. The van der Waals surface area contributed by atoms with Crippen LogP contribution in [0.5, 0.6) is 0 Å². The number of fused-ring (bicyclic) bond motifs is 1. The van der Waals surface area contributed by atoms with Crippen molar-refractivity contribution in [2.24, 2.45) is 0 Å². The van der Waals surface area contributed by atoms with Crippen molar-refractivity contribution >= 4 is 61.8 Å². The van der Waals surface area contributed by atoms with Gasteiger partial charge in [-0.25, -0.2) is 4.98 Å². The van der Waals surface area contributed by atoms with Gasteiger partial charge in [0.25, 0.3) is 5.91 Å². The zero-order chi connectivity index (χ0) is 20.8. The van der Waals surface area contributed by atoms with E-state index in [9.17, 15) is 18.0 Å². The van der Waals surface area contributed by atoms with Crippen LogP contribution in [-0.2, 0) is 6.18 Å². The van der Waals surface area contributed by atoms with Crippen molar-refractivity contribution in [3.05, 3.63) is 63.3 Å². The molecule has 0 unspecified atom stereocenters. The summed E-state index contributed by atoms with van der Waals surface area (Å²) in [6, 6.07) is 10.9. The Balaban J connectivity index is 1.86. The number of carbonyl (C=O) groups excluding carboxylic acids is 1. The second-order valence-electron chi connectivity index (χ2n) is 5.99. The number of anilines is 2. The number of aromatic nitrogens is 1. The molecule has 4 nitrogen and oxygen atoms in total. The van der Waals surface area contributed by atoms with Crippen LogP contribution in [0.15, 0.2) is 47.8 Å². The van der Waals surface area contributed by atoms with E-state index in [1.807, 2.05) is 0 Å². The number of alkyl halides is 3. The summed E-state index contributed by atoms with van der Waals surface area (Å²) >= 11 is 8.12. The molecule has 0 radical (unpaired) electrons. The number of rotatable bonds is 3. The molecule has 1 aromatic carbocycles. The summed E-state index contributed by atoms with van der Waals surface area (Å²) in [5, 5.41) is 4.36. The van der Waals surface area contributed by atoms with E-state index >= 15 is 0 Å². The molecule has 4 rings (SSSR count). The molecule has 148 valence electrons. The predicted molar refractivity (Wildman–Crippen MR) is 112 cm³/mol. The molecule has 0 bridgehead atoms. The first-order chi connectivity index (χ1) is 13.8. The summed E-state index contributed by atoms with van der Waals surface area (Å²) in [6.07, 6.45) is -4.65. The zero-order valence-electron chi connectivity index (χ0n) is 14.4. The Morgan fingerprint density at radius 3 is 2.59 bits per heavy atom. The average molecular weight is 454 g/mol. The first-order valence-corrected chi connectivity index (χ1v) is 10.2. The molecule has 3 N–H and O–H groups in total. The highest BCUT2D eigenvalue weighted by Gasteiger charge is 2.36. The van der Waals surface area contributed by atoms with E-state index in [2.05, 4.69) is 10.3 Å². The molecule has 4 aromatic rings. The third kappa shape index (κ3) is 3.68. The highest BCUT2D eigenvalue weighted by Crippen LogP contribution is 2.44. The lowest BCUT2D eigenvalue weighted by atomic mass is 10.1. The number of hydrogen-bond acceptors (Lipinski definition) is 5. The Kier molecular flexibility index (Phi) is 4.97. The topological polar surface area (TPSA) is 68.0 Å². The zero-order valence-corrected chi connectivity index (χ0v) is 16.8. The van der Waals surface area contributed by atoms with Crippen molar-refractivity contribution in [2.45, 2.75) is 6.18 Å². The Bertz CT molecular complexity index is 1220. The maximum Gasteiger partial charge on any atom is 0.417 e. The Morgan fingerprint density at radius 1 is 1.17 bits per heavy atom. The van der Waals surface area contributed by atoms with Crippen molar-refractivity contribution in [3.63, 3.8) is 0 Å². The lowest BCUT2D eigenvalue weighted by Crippen LogP contribution is -2.12. The number of pyridine rings is 1. The van der Waals surface area contributed by atoms with Gasteiger partial charge in [0.05, 0.1) is 32.5 Å². The van der Waals surface area contributed by atoms with Gasteiger partial charge in [0, 0.05) is 5.39 Å². The normalized spacial score (nSPS) is 11.7. The number of amides is 1. The number of halogens is 4. The fraction of sp³-hybridized carbons (Fsp3) is 0.0526. The number of hydrogen-bond donors (Lipinski definition) is 2. The summed E-state index contributed by atoms with van der Waals surface area (Å²) in [7, 11) is 0. The lowest BCUT2D eigenvalue weighted by Gasteiger charge is -2.10. The van der Waals surface area contributed by atoms with Crippen molar-refractivity contribution in [1.29, 1.82) is 0 Å². The standard InChI is InChI=1S/C19H11ClF3N3OS2/c20-10-4-1-2-5-11(10)25-17(27)16-15(24)14-9(19(21,22)23)8-12(26-18(14)29-16)13-6-3-7-28-13/h1-8H,24H2,(H,25,27). The van der Waals surface area contributed by atoms with Crippen LogP contribution >= 0.6 is 34.3 Å². The van der Waals surface area contributed by atoms with Gasteiger partial charge in [-0.3, -0.25) is 4.79 Å². The first kappa shape index (κ1) is 19.7. The number of nitrogens with two attached hydrogens (primary N) is 1. The first-order valence-electron chi connectivity index (χ1n) is 8.15. The molecule has 0 aliphatic heterocycles. The molecular weight excluding hydrogens is 443 g/mol. The van der Waals surface area contributed by atoms with Crippen LogP contribution in [0.4, 0.5) is 24.5 Å². The van der Waals surface area contributed by atoms with Crippen LogP contribution in [0, 0.1) is 0 Å². The van der Waals surface area contributed by atoms with E-state index in [-0.39, 0.29) is 26.5 Å². The van der Waals surface area contributed by atoms with Crippen LogP contribution in [0.2, 0.25) is 5.02 Å². The van der Waals surface area contributed by atoms with E-state index in [1.54, 1.807) is 41.8 Å². The smallest absolute Gasteiger partial charge is 0.397 e. The van der Waals surface area contributed by atoms with Crippen molar-refractivity contribution in [2.75, 3.05) is 11.1 Å². The maximum atomic E-state index is 13.7. The Morgan fingerprint density at radius 2 is 1.93 bits per heavy atom. The van der Waals surface area contributed by atoms with Gasteiger partial charge in [0.1, 0.15) is 9.71 Å². The van der Waals surface area contributed by atoms with Crippen LogP contribution < -0.4 is 11.1 Å². The highest BCUT2D eigenvalue weighted by atomic mass is 35.5. The number of benzene rings is 1. The van der Waals surface area contributed by atoms with Gasteiger partial charge in [-0.15, -0.1) is 22.7 Å².